The summed E-state index contributed by atoms with van der Waals surface area (Å²) in [4.78, 5) is 0. The standard InChI is InChI=1S/C7H8BrN.ClH/c8-9-6-7-4-2-1-3-5-7;/h1-5,9H,6H2;1H. The van der Waals surface area contributed by atoms with Crippen molar-refractivity contribution in [2.45, 2.75) is 6.54 Å². The second-order valence-electron chi connectivity index (χ2n) is 1.80. The van der Waals surface area contributed by atoms with Crippen molar-refractivity contribution in [2.75, 3.05) is 0 Å². The van der Waals surface area contributed by atoms with Crippen molar-refractivity contribution in [2.24, 2.45) is 0 Å². The third-order valence-electron chi connectivity index (χ3n) is 1.11. The van der Waals surface area contributed by atoms with E-state index in [0.717, 1.165) is 6.54 Å². The highest BCUT2D eigenvalue weighted by Crippen LogP contribution is 1.97. The van der Waals surface area contributed by atoms with Gasteiger partial charge in [-0.05, 0) is 5.56 Å². The Kier molecular flexibility index (Phi) is 5.69. The van der Waals surface area contributed by atoms with E-state index in [-0.39, 0.29) is 12.4 Å². The molecule has 1 aromatic rings. The van der Waals surface area contributed by atoms with Crippen LogP contribution in [0.1, 0.15) is 5.56 Å². The molecule has 0 aliphatic heterocycles. The molecule has 0 unspecified atom stereocenters. The van der Waals surface area contributed by atoms with E-state index in [2.05, 4.69) is 32.6 Å². The molecule has 0 aliphatic rings. The maximum Gasteiger partial charge on any atom is 0.0312 e. The summed E-state index contributed by atoms with van der Waals surface area (Å²) in [6.45, 7) is 0.876. The van der Waals surface area contributed by atoms with Crippen LogP contribution in [0.5, 0.6) is 0 Å². The largest absolute Gasteiger partial charge is 0.251 e. The van der Waals surface area contributed by atoms with E-state index in [0.29, 0.717) is 0 Å². The van der Waals surface area contributed by atoms with Crippen molar-refractivity contribution in [3.05, 3.63) is 35.9 Å². The molecule has 0 bridgehead atoms. The minimum Gasteiger partial charge on any atom is -0.251 e. The van der Waals surface area contributed by atoms with Gasteiger partial charge in [-0.3, -0.25) is 4.34 Å². The number of hydrogen-bond acceptors (Lipinski definition) is 1. The molecule has 1 N–H and O–H groups in total. The van der Waals surface area contributed by atoms with Gasteiger partial charge in [0.05, 0.1) is 0 Å². The van der Waals surface area contributed by atoms with Gasteiger partial charge in [0.1, 0.15) is 0 Å². The topological polar surface area (TPSA) is 12.0 Å². The van der Waals surface area contributed by atoms with E-state index in [4.69, 9.17) is 0 Å². The predicted octanol–water partition coefficient (Wildman–Crippen LogP) is 2.51. The summed E-state index contributed by atoms with van der Waals surface area (Å²) >= 11 is 3.14. The first-order chi connectivity index (χ1) is 4.43. The van der Waals surface area contributed by atoms with Gasteiger partial charge in [-0.25, -0.2) is 0 Å². The van der Waals surface area contributed by atoms with Crippen molar-refractivity contribution in [1.29, 1.82) is 0 Å². The van der Waals surface area contributed by atoms with Gasteiger partial charge in [0.2, 0.25) is 0 Å². The predicted molar refractivity (Wildman–Crippen MR) is 49.5 cm³/mol. The maximum absolute atomic E-state index is 3.14. The first kappa shape index (κ1) is 9.95. The van der Waals surface area contributed by atoms with Crippen LogP contribution in [0.3, 0.4) is 0 Å². The first-order valence-corrected chi connectivity index (χ1v) is 3.60. The van der Waals surface area contributed by atoms with Crippen LogP contribution in [-0.2, 0) is 6.54 Å². The first-order valence-electron chi connectivity index (χ1n) is 2.81. The molecule has 3 heteroatoms. The molecular formula is C7H9BrClN. The highest BCUT2D eigenvalue weighted by atomic mass is 79.9. The Balaban J connectivity index is 0.000000810. The highest BCUT2D eigenvalue weighted by Gasteiger charge is 1.84. The molecule has 1 rings (SSSR count). The molecule has 0 aromatic heterocycles. The van der Waals surface area contributed by atoms with Gasteiger partial charge in [-0.2, -0.15) is 0 Å². The Morgan fingerprint density at radius 3 is 2.30 bits per heavy atom. The number of rotatable bonds is 2. The number of halogens is 2. The highest BCUT2D eigenvalue weighted by molar-refractivity contribution is 9.08. The van der Waals surface area contributed by atoms with Crippen LogP contribution >= 0.6 is 28.6 Å². The van der Waals surface area contributed by atoms with E-state index < -0.39 is 0 Å². The molecule has 1 aromatic carbocycles. The van der Waals surface area contributed by atoms with Crippen molar-refractivity contribution < 1.29 is 0 Å². The third kappa shape index (κ3) is 3.20. The van der Waals surface area contributed by atoms with E-state index >= 15 is 0 Å². The minimum absolute atomic E-state index is 0. The van der Waals surface area contributed by atoms with Gasteiger partial charge in [0, 0.05) is 22.7 Å². The molecule has 0 radical (unpaired) electrons. The zero-order chi connectivity index (χ0) is 6.53. The summed E-state index contributed by atoms with van der Waals surface area (Å²) in [6, 6.07) is 10.2. The minimum atomic E-state index is 0. The molecule has 0 atom stereocenters. The molecule has 0 amide bonds. The van der Waals surface area contributed by atoms with Crippen LogP contribution in [0, 0.1) is 0 Å². The van der Waals surface area contributed by atoms with Crippen molar-refractivity contribution in [3.8, 4) is 0 Å². The van der Waals surface area contributed by atoms with Crippen molar-refractivity contribution in [3.63, 3.8) is 0 Å². The number of nitrogens with one attached hydrogen (secondary N) is 1. The summed E-state index contributed by atoms with van der Waals surface area (Å²) in [5.74, 6) is 0. The molecule has 56 valence electrons. The molecule has 0 aliphatic carbocycles. The van der Waals surface area contributed by atoms with Gasteiger partial charge in [-0.1, -0.05) is 30.3 Å². The summed E-state index contributed by atoms with van der Waals surface area (Å²) < 4.78 is 2.90. The average Bonchev–Trinajstić information content (AvgIpc) is 1.91. The Labute approximate surface area is 75.6 Å². The van der Waals surface area contributed by atoms with E-state index in [9.17, 15) is 0 Å². The Hall–Kier alpha value is -0.0500. The normalized spacial score (nSPS) is 8.50. The lowest BCUT2D eigenvalue weighted by Crippen LogP contribution is -1.95. The molecule has 0 fully saturated rings. The lowest BCUT2D eigenvalue weighted by molar-refractivity contribution is 0.995. The Morgan fingerprint density at radius 1 is 1.20 bits per heavy atom. The zero-order valence-electron chi connectivity index (χ0n) is 5.38. The van der Waals surface area contributed by atoms with Crippen LogP contribution in [0.25, 0.3) is 0 Å². The fraction of sp³-hybridized carbons (Fsp3) is 0.143. The molecule has 0 saturated carbocycles. The fourth-order valence-electron chi connectivity index (χ4n) is 0.673. The smallest absolute Gasteiger partial charge is 0.0312 e. The third-order valence-corrected chi connectivity index (χ3v) is 1.39. The summed E-state index contributed by atoms with van der Waals surface area (Å²) in [5, 5.41) is 0. The quantitative estimate of drug-likeness (QED) is 0.758. The molecule has 0 heterocycles. The zero-order valence-corrected chi connectivity index (χ0v) is 7.78. The molecule has 0 spiro atoms. The van der Waals surface area contributed by atoms with Crippen LogP contribution in [0.4, 0.5) is 0 Å². The van der Waals surface area contributed by atoms with Crippen LogP contribution in [0.2, 0.25) is 0 Å². The summed E-state index contributed by atoms with van der Waals surface area (Å²) in [6.07, 6.45) is 0. The monoisotopic (exact) mass is 221 g/mol. The lowest BCUT2D eigenvalue weighted by atomic mass is 10.2. The second-order valence-corrected chi connectivity index (χ2v) is 2.36. The van der Waals surface area contributed by atoms with E-state index in [1.54, 1.807) is 0 Å². The van der Waals surface area contributed by atoms with Gasteiger partial charge < -0.3 is 0 Å². The van der Waals surface area contributed by atoms with Crippen molar-refractivity contribution in [1.82, 2.24) is 4.34 Å². The van der Waals surface area contributed by atoms with Gasteiger partial charge >= 0.3 is 0 Å². The van der Waals surface area contributed by atoms with Crippen molar-refractivity contribution >= 4 is 28.6 Å². The van der Waals surface area contributed by atoms with Gasteiger partial charge in [-0.15, -0.1) is 12.4 Å². The maximum atomic E-state index is 3.14. The van der Waals surface area contributed by atoms with E-state index in [1.165, 1.54) is 5.56 Å². The van der Waals surface area contributed by atoms with Crippen LogP contribution < -0.4 is 4.34 Å². The summed E-state index contributed by atoms with van der Waals surface area (Å²) in [5.41, 5.74) is 1.29. The second kappa shape index (κ2) is 5.71. The molecule has 1 nitrogen and oxygen atoms in total. The lowest BCUT2D eigenvalue weighted by Gasteiger charge is -1.94. The molecule has 0 saturated heterocycles. The van der Waals surface area contributed by atoms with E-state index in [1.807, 2.05) is 18.2 Å². The fourth-order valence-corrected chi connectivity index (χ4v) is 0.997. The Morgan fingerprint density at radius 2 is 1.80 bits per heavy atom. The number of benzene rings is 1. The van der Waals surface area contributed by atoms with Crippen LogP contribution in [-0.4, -0.2) is 0 Å². The molecule has 10 heavy (non-hydrogen) atoms. The molecular weight excluding hydrogens is 213 g/mol. The van der Waals surface area contributed by atoms with Gasteiger partial charge in [0.25, 0.3) is 0 Å². The van der Waals surface area contributed by atoms with Gasteiger partial charge in [0.15, 0.2) is 0 Å². The summed E-state index contributed by atoms with van der Waals surface area (Å²) in [7, 11) is 0. The number of hydrogen-bond donors (Lipinski definition) is 1. The average molecular weight is 223 g/mol. The SMILES string of the molecule is BrNCc1ccccc1.Cl. The van der Waals surface area contributed by atoms with Crippen LogP contribution in [0.15, 0.2) is 30.3 Å². The Bertz CT molecular complexity index is 167.